The number of likely N-dealkylation sites (N-methyl/N-ethyl adjacent to an activating group) is 1. The second kappa shape index (κ2) is 8.36. The first-order chi connectivity index (χ1) is 9.90. The summed E-state index contributed by atoms with van der Waals surface area (Å²) in [5, 5.41) is 3.21. The van der Waals surface area contributed by atoms with Gasteiger partial charge in [0, 0.05) is 6.54 Å². The van der Waals surface area contributed by atoms with Crippen LogP contribution in [0.2, 0.25) is 0 Å². The zero-order valence-electron chi connectivity index (χ0n) is 13.3. The third-order valence-corrected chi connectivity index (χ3v) is 4.58. The van der Waals surface area contributed by atoms with Gasteiger partial charge in [-0.1, -0.05) is 20.8 Å². The average Bonchev–Trinajstić information content (AvgIpc) is 2.45. The van der Waals surface area contributed by atoms with Crippen molar-refractivity contribution in [2.24, 2.45) is 5.92 Å². The summed E-state index contributed by atoms with van der Waals surface area (Å²) in [6, 6.07) is 5.09. The van der Waals surface area contributed by atoms with Crippen molar-refractivity contribution in [3.05, 3.63) is 23.8 Å². The highest BCUT2D eigenvalue weighted by Crippen LogP contribution is 2.22. The van der Waals surface area contributed by atoms with Crippen LogP contribution in [0.3, 0.4) is 0 Å². The Morgan fingerprint density at radius 1 is 1.29 bits per heavy atom. The van der Waals surface area contributed by atoms with Gasteiger partial charge in [0.05, 0.1) is 12.0 Å². The van der Waals surface area contributed by atoms with Gasteiger partial charge >= 0.3 is 0 Å². The van der Waals surface area contributed by atoms with Crippen molar-refractivity contribution in [3.63, 3.8) is 0 Å². The van der Waals surface area contributed by atoms with Gasteiger partial charge in [0.25, 0.3) is 0 Å². The van der Waals surface area contributed by atoms with Crippen LogP contribution in [-0.4, -0.2) is 35.2 Å². The van der Waals surface area contributed by atoms with E-state index in [1.807, 2.05) is 20.8 Å². The highest BCUT2D eigenvalue weighted by molar-refractivity contribution is 7.89. The van der Waals surface area contributed by atoms with Crippen molar-refractivity contribution in [2.75, 3.05) is 26.7 Å². The number of hydrogen-bond acceptors (Lipinski definition) is 4. The van der Waals surface area contributed by atoms with Crippen LogP contribution in [0.25, 0.3) is 0 Å². The standard InChI is InChI=1S/C15H26N2O3S/c1-5-16-9-8-13-10-14(20-4)6-7-15(13)21(18,19)17-11-12(2)3/h6-7,10,12,16-17H,5,8-9,11H2,1-4H3. The molecule has 5 nitrogen and oxygen atoms in total. The molecule has 0 saturated carbocycles. The highest BCUT2D eigenvalue weighted by atomic mass is 32.2. The fourth-order valence-corrected chi connectivity index (χ4v) is 3.36. The van der Waals surface area contributed by atoms with E-state index in [0.717, 1.165) is 18.7 Å². The van der Waals surface area contributed by atoms with Gasteiger partial charge in [-0.25, -0.2) is 13.1 Å². The third-order valence-electron chi connectivity index (χ3n) is 3.06. The number of benzene rings is 1. The largest absolute Gasteiger partial charge is 0.497 e. The summed E-state index contributed by atoms with van der Waals surface area (Å²) >= 11 is 0. The first-order valence-electron chi connectivity index (χ1n) is 7.28. The molecule has 1 aromatic carbocycles. The Labute approximate surface area is 128 Å². The first kappa shape index (κ1) is 17.9. The Bertz CT molecular complexity index is 542. The van der Waals surface area contributed by atoms with Gasteiger partial charge < -0.3 is 10.1 Å². The van der Waals surface area contributed by atoms with Gasteiger partial charge in [-0.15, -0.1) is 0 Å². The molecule has 0 radical (unpaired) electrons. The fourth-order valence-electron chi connectivity index (χ4n) is 1.89. The van der Waals surface area contributed by atoms with Crippen LogP contribution in [0.4, 0.5) is 0 Å². The van der Waals surface area contributed by atoms with Crippen molar-refractivity contribution in [3.8, 4) is 5.75 Å². The molecule has 0 fully saturated rings. The molecule has 0 spiro atoms. The molecular weight excluding hydrogens is 288 g/mol. The van der Waals surface area contributed by atoms with Gasteiger partial charge in [-0.3, -0.25) is 0 Å². The maximum absolute atomic E-state index is 12.4. The lowest BCUT2D eigenvalue weighted by atomic mass is 10.1. The molecular formula is C15H26N2O3S. The van der Waals surface area contributed by atoms with Gasteiger partial charge in [-0.05, 0) is 49.2 Å². The highest BCUT2D eigenvalue weighted by Gasteiger charge is 2.19. The van der Waals surface area contributed by atoms with E-state index in [-0.39, 0.29) is 5.92 Å². The summed E-state index contributed by atoms with van der Waals surface area (Å²) in [5.74, 6) is 0.938. The van der Waals surface area contributed by atoms with Gasteiger partial charge in [0.15, 0.2) is 0 Å². The van der Waals surface area contributed by atoms with Crippen LogP contribution >= 0.6 is 0 Å². The quantitative estimate of drug-likeness (QED) is 0.682. The van der Waals surface area contributed by atoms with Crippen molar-refractivity contribution in [1.82, 2.24) is 10.0 Å². The van der Waals surface area contributed by atoms with Crippen LogP contribution in [0.15, 0.2) is 23.1 Å². The second-order valence-corrected chi connectivity index (χ2v) is 7.06. The molecule has 0 heterocycles. The zero-order chi connectivity index (χ0) is 15.9. The Morgan fingerprint density at radius 3 is 2.57 bits per heavy atom. The van der Waals surface area contributed by atoms with Gasteiger partial charge in [0.2, 0.25) is 10.0 Å². The van der Waals surface area contributed by atoms with Crippen molar-refractivity contribution >= 4 is 10.0 Å². The molecule has 6 heteroatoms. The van der Waals surface area contributed by atoms with E-state index >= 15 is 0 Å². The lowest BCUT2D eigenvalue weighted by Gasteiger charge is -2.14. The summed E-state index contributed by atoms with van der Waals surface area (Å²) in [5.41, 5.74) is 0.770. The second-order valence-electron chi connectivity index (χ2n) is 5.32. The maximum atomic E-state index is 12.4. The molecule has 0 aromatic heterocycles. The molecule has 0 unspecified atom stereocenters. The molecule has 1 aromatic rings. The molecule has 1 rings (SSSR count). The Morgan fingerprint density at radius 2 is 2.00 bits per heavy atom. The molecule has 0 amide bonds. The third kappa shape index (κ3) is 5.65. The predicted molar refractivity (Wildman–Crippen MR) is 85.3 cm³/mol. The number of nitrogens with one attached hydrogen (secondary N) is 2. The molecule has 2 N–H and O–H groups in total. The topological polar surface area (TPSA) is 67.4 Å². The van der Waals surface area contributed by atoms with Crippen molar-refractivity contribution < 1.29 is 13.2 Å². The van der Waals surface area contributed by atoms with E-state index in [1.54, 1.807) is 25.3 Å². The number of hydrogen-bond donors (Lipinski definition) is 2. The summed E-state index contributed by atoms with van der Waals surface area (Å²) in [4.78, 5) is 0.335. The fraction of sp³-hybridized carbons (Fsp3) is 0.600. The van der Waals surface area contributed by atoms with Crippen LogP contribution in [0.1, 0.15) is 26.3 Å². The van der Waals surface area contributed by atoms with Gasteiger partial charge in [-0.2, -0.15) is 0 Å². The number of rotatable bonds is 9. The SMILES string of the molecule is CCNCCc1cc(OC)ccc1S(=O)(=O)NCC(C)C. The molecule has 0 saturated heterocycles. The minimum atomic E-state index is -3.48. The smallest absolute Gasteiger partial charge is 0.240 e. The molecule has 0 aliphatic rings. The summed E-state index contributed by atoms with van der Waals surface area (Å²) in [6.07, 6.45) is 0.642. The minimum Gasteiger partial charge on any atom is -0.497 e. The van der Waals surface area contributed by atoms with E-state index in [4.69, 9.17) is 4.74 Å². The van der Waals surface area contributed by atoms with Gasteiger partial charge in [0.1, 0.15) is 5.75 Å². The molecule has 0 atom stereocenters. The van der Waals surface area contributed by atoms with E-state index < -0.39 is 10.0 Å². The van der Waals surface area contributed by atoms with Crippen LogP contribution < -0.4 is 14.8 Å². The Hall–Kier alpha value is -1.11. The molecule has 0 aliphatic carbocycles. The average molecular weight is 314 g/mol. The number of ether oxygens (including phenoxy) is 1. The summed E-state index contributed by atoms with van der Waals surface area (Å²) in [7, 11) is -1.90. The minimum absolute atomic E-state index is 0.267. The monoisotopic (exact) mass is 314 g/mol. The van der Waals surface area contributed by atoms with E-state index in [9.17, 15) is 8.42 Å². The first-order valence-corrected chi connectivity index (χ1v) is 8.76. The summed E-state index contributed by atoms with van der Waals surface area (Å²) < 4.78 is 32.7. The number of sulfonamides is 1. The Balaban J connectivity index is 3.03. The van der Waals surface area contributed by atoms with E-state index in [0.29, 0.717) is 23.6 Å². The lowest BCUT2D eigenvalue weighted by Crippen LogP contribution is -2.28. The summed E-state index contributed by atoms with van der Waals surface area (Å²) in [6.45, 7) is 7.99. The van der Waals surface area contributed by atoms with Crippen LogP contribution in [-0.2, 0) is 16.4 Å². The lowest BCUT2D eigenvalue weighted by molar-refractivity contribution is 0.413. The van der Waals surface area contributed by atoms with E-state index in [2.05, 4.69) is 10.0 Å². The maximum Gasteiger partial charge on any atom is 0.240 e. The van der Waals surface area contributed by atoms with Crippen LogP contribution in [0, 0.1) is 5.92 Å². The number of methoxy groups -OCH3 is 1. The zero-order valence-corrected chi connectivity index (χ0v) is 14.1. The molecule has 0 bridgehead atoms. The van der Waals surface area contributed by atoms with E-state index in [1.165, 1.54) is 0 Å². The molecule has 120 valence electrons. The normalized spacial score (nSPS) is 11.9. The molecule has 21 heavy (non-hydrogen) atoms. The van der Waals surface area contributed by atoms with Crippen molar-refractivity contribution in [2.45, 2.75) is 32.1 Å². The van der Waals surface area contributed by atoms with Crippen molar-refractivity contribution in [1.29, 1.82) is 0 Å². The molecule has 0 aliphatic heterocycles. The van der Waals surface area contributed by atoms with Crippen LogP contribution in [0.5, 0.6) is 5.75 Å². The predicted octanol–water partition coefficient (Wildman–Crippen LogP) is 1.78. The Kier molecular flexibility index (Phi) is 7.14.